The van der Waals surface area contributed by atoms with Gasteiger partial charge in [-0.15, -0.1) is 11.3 Å². The van der Waals surface area contributed by atoms with Gasteiger partial charge in [0.2, 0.25) is 15.9 Å². The van der Waals surface area contributed by atoms with Gasteiger partial charge < -0.3 is 5.32 Å². The topological polar surface area (TPSA) is 66.5 Å². The maximum Gasteiger partial charge on any atom is 0.243 e. The van der Waals surface area contributed by atoms with Crippen molar-refractivity contribution in [3.8, 4) is 0 Å². The molecule has 4 rings (SSSR count). The van der Waals surface area contributed by atoms with E-state index >= 15 is 0 Å². The Morgan fingerprint density at radius 3 is 2.32 bits per heavy atom. The van der Waals surface area contributed by atoms with Gasteiger partial charge in [0.1, 0.15) is 0 Å². The van der Waals surface area contributed by atoms with Crippen LogP contribution in [0.5, 0.6) is 0 Å². The summed E-state index contributed by atoms with van der Waals surface area (Å²) in [5, 5.41) is 5.16. The van der Waals surface area contributed by atoms with Crippen molar-refractivity contribution in [3.05, 3.63) is 88.1 Å². The Morgan fingerprint density at radius 2 is 1.68 bits per heavy atom. The molecule has 5 nitrogen and oxygen atoms in total. The van der Waals surface area contributed by atoms with Crippen molar-refractivity contribution < 1.29 is 13.2 Å². The monoisotopic (exact) mass is 454 g/mol. The summed E-state index contributed by atoms with van der Waals surface area (Å²) >= 11 is 1.62. The predicted octanol–water partition coefficient (Wildman–Crippen LogP) is 4.37. The van der Waals surface area contributed by atoms with E-state index in [-0.39, 0.29) is 11.9 Å². The second-order valence-corrected chi connectivity index (χ2v) is 10.6. The summed E-state index contributed by atoms with van der Waals surface area (Å²) in [7, 11) is -3.40. The molecule has 2 heterocycles. The summed E-state index contributed by atoms with van der Waals surface area (Å²) in [4.78, 5) is 14.1. The molecule has 1 saturated heterocycles. The molecule has 1 aliphatic heterocycles. The number of nitrogens with zero attached hydrogens (tertiary/aromatic N) is 1. The van der Waals surface area contributed by atoms with Crippen LogP contribution in [-0.4, -0.2) is 31.7 Å². The molecule has 0 saturated carbocycles. The van der Waals surface area contributed by atoms with Gasteiger partial charge in [0, 0.05) is 24.4 Å². The van der Waals surface area contributed by atoms with Gasteiger partial charge in [0.05, 0.1) is 10.9 Å². The Labute approximate surface area is 187 Å². The molecule has 3 aromatic rings. The summed E-state index contributed by atoms with van der Waals surface area (Å²) in [5.74, 6) is -0.0315. The van der Waals surface area contributed by atoms with Crippen LogP contribution in [0.25, 0.3) is 0 Å². The van der Waals surface area contributed by atoms with Gasteiger partial charge in [-0.25, -0.2) is 8.42 Å². The second kappa shape index (κ2) is 9.77. The SMILES string of the molecule is O=C(CCc1ccc(S(=O)(=O)N2CCCC2)cc1)NC(c1ccccc1)c1cccs1. The van der Waals surface area contributed by atoms with E-state index in [1.54, 1.807) is 27.8 Å². The lowest BCUT2D eigenvalue weighted by atomic mass is 10.0. The molecule has 0 aliphatic carbocycles. The van der Waals surface area contributed by atoms with Gasteiger partial charge in [0.15, 0.2) is 0 Å². The molecular weight excluding hydrogens is 428 g/mol. The molecule has 2 aromatic carbocycles. The normalized spacial score (nSPS) is 15.6. The molecule has 1 fully saturated rings. The number of hydrogen-bond acceptors (Lipinski definition) is 4. The smallest absolute Gasteiger partial charge is 0.243 e. The van der Waals surface area contributed by atoms with Crippen molar-refractivity contribution in [2.24, 2.45) is 0 Å². The molecule has 1 amide bonds. The van der Waals surface area contributed by atoms with Gasteiger partial charge in [-0.2, -0.15) is 4.31 Å². The summed E-state index contributed by atoms with van der Waals surface area (Å²) in [5.41, 5.74) is 2.00. The van der Waals surface area contributed by atoms with Crippen LogP contribution < -0.4 is 5.32 Å². The van der Waals surface area contributed by atoms with Crippen LogP contribution in [0.4, 0.5) is 0 Å². The molecule has 1 aliphatic rings. The molecular formula is C24H26N2O3S2. The van der Waals surface area contributed by atoms with Gasteiger partial charge in [0.25, 0.3) is 0 Å². The molecule has 1 atom stereocenters. The molecule has 0 bridgehead atoms. The average Bonchev–Trinajstić information content (AvgIpc) is 3.52. The lowest BCUT2D eigenvalue weighted by Gasteiger charge is -2.18. The molecule has 1 N–H and O–H groups in total. The Balaban J connectivity index is 1.38. The number of carbonyl (C=O) groups is 1. The standard InChI is InChI=1S/C24H26N2O3S2/c27-23(25-24(22-9-6-18-30-22)20-7-2-1-3-8-20)15-12-19-10-13-21(14-11-19)31(28,29)26-16-4-5-17-26/h1-3,6-11,13-14,18,24H,4-5,12,15-17H2,(H,25,27). The van der Waals surface area contributed by atoms with Crippen LogP contribution in [0.3, 0.4) is 0 Å². The fourth-order valence-electron chi connectivity index (χ4n) is 3.82. The second-order valence-electron chi connectivity index (χ2n) is 7.68. The van der Waals surface area contributed by atoms with E-state index in [0.717, 1.165) is 28.8 Å². The first kappa shape index (κ1) is 21.7. The van der Waals surface area contributed by atoms with Crippen LogP contribution >= 0.6 is 11.3 Å². The third kappa shape index (κ3) is 5.23. The zero-order valence-corrected chi connectivity index (χ0v) is 18.9. The summed E-state index contributed by atoms with van der Waals surface area (Å²) < 4.78 is 26.8. The highest BCUT2D eigenvalue weighted by atomic mass is 32.2. The first-order valence-electron chi connectivity index (χ1n) is 10.5. The fourth-order valence-corrected chi connectivity index (χ4v) is 6.14. The zero-order valence-electron chi connectivity index (χ0n) is 17.2. The third-order valence-corrected chi connectivity index (χ3v) is 8.38. The molecule has 7 heteroatoms. The van der Waals surface area contributed by atoms with E-state index in [4.69, 9.17) is 0 Å². The van der Waals surface area contributed by atoms with Crippen LogP contribution in [0.15, 0.2) is 77.0 Å². The highest BCUT2D eigenvalue weighted by Crippen LogP contribution is 2.26. The van der Waals surface area contributed by atoms with Crippen molar-refractivity contribution in [2.75, 3.05) is 13.1 Å². The Kier molecular flexibility index (Phi) is 6.85. The van der Waals surface area contributed by atoms with Crippen LogP contribution in [-0.2, 0) is 21.2 Å². The van der Waals surface area contributed by atoms with Crippen LogP contribution in [0, 0.1) is 0 Å². The molecule has 1 unspecified atom stereocenters. The fraction of sp³-hybridized carbons (Fsp3) is 0.292. The summed E-state index contributed by atoms with van der Waals surface area (Å²) in [6.45, 7) is 1.19. The quantitative estimate of drug-likeness (QED) is 0.550. The lowest BCUT2D eigenvalue weighted by molar-refractivity contribution is -0.121. The zero-order chi connectivity index (χ0) is 21.7. The highest BCUT2D eigenvalue weighted by Gasteiger charge is 2.27. The van der Waals surface area contributed by atoms with Crippen molar-refractivity contribution in [1.29, 1.82) is 0 Å². The first-order chi connectivity index (χ1) is 15.0. The number of rotatable bonds is 8. The van der Waals surface area contributed by atoms with E-state index in [0.29, 0.717) is 30.8 Å². The number of hydrogen-bond donors (Lipinski definition) is 1. The van der Waals surface area contributed by atoms with Crippen molar-refractivity contribution in [1.82, 2.24) is 9.62 Å². The minimum atomic E-state index is -3.40. The predicted molar refractivity (Wildman–Crippen MR) is 124 cm³/mol. The Morgan fingerprint density at radius 1 is 0.968 bits per heavy atom. The van der Waals surface area contributed by atoms with Crippen LogP contribution in [0.2, 0.25) is 0 Å². The van der Waals surface area contributed by atoms with Gasteiger partial charge in [-0.3, -0.25) is 4.79 Å². The van der Waals surface area contributed by atoms with E-state index in [1.807, 2.05) is 60.0 Å². The molecule has 162 valence electrons. The minimum absolute atomic E-state index is 0.0315. The van der Waals surface area contributed by atoms with Gasteiger partial charge in [-0.05, 0) is 54.0 Å². The molecule has 1 aromatic heterocycles. The maximum atomic E-state index is 12.7. The van der Waals surface area contributed by atoms with Crippen molar-refractivity contribution in [3.63, 3.8) is 0 Å². The number of nitrogens with one attached hydrogen (secondary N) is 1. The highest BCUT2D eigenvalue weighted by molar-refractivity contribution is 7.89. The van der Waals surface area contributed by atoms with E-state index in [9.17, 15) is 13.2 Å². The average molecular weight is 455 g/mol. The maximum absolute atomic E-state index is 12.7. The van der Waals surface area contributed by atoms with E-state index in [2.05, 4.69) is 5.32 Å². The number of thiophene rings is 1. The Hall–Kier alpha value is -2.48. The number of carbonyl (C=O) groups excluding carboxylic acids is 1. The first-order valence-corrected chi connectivity index (χ1v) is 12.8. The molecule has 0 spiro atoms. The van der Waals surface area contributed by atoms with E-state index in [1.165, 1.54) is 0 Å². The van der Waals surface area contributed by atoms with Crippen LogP contribution in [0.1, 0.15) is 41.3 Å². The van der Waals surface area contributed by atoms with Crippen molar-refractivity contribution >= 4 is 27.3 Å². The lowest BCUT2D eigenvalue weighted by Crippen LogP contribution is -2.29. The number of amides is 1. The largest absolute Gasteiger partial charge is 0.344 e. The molecule has 0 radical (unpaired) electrons. The van der Waals surface area contributed by atoms with E-state index < -0.39 is 10.0 Å². The third-order valence-electron chi connectivity index (χ3n) is 5.53. The minimum Gasteiger partial charge on any atom is -0.344 e. The number of sulfonamides is 1. The number of aryl methyl sites for hydroxylation is 1. The van der Waals surface area contributed by atoms with Gasteiger partial charge in [-0.1, -0.05) is 48.5 Å². The summed E-state index contributed by atoms with van der Waals surface area (Å²) in [6, 6.07) is 20.7. The van der Waals surface area contributed by atoms with Gasteiger partial charge >= 0.3 is 0 Å². The summed E-state index contributed by atoms with van der Waals surface area (Å²) in [6.07, 6.45) is 2.73. The number of benzene rings is 2. The molecule has 31 heavy (non-hydrogen) atoms. The Bertz CT molecular complexity index is 1090. The van der Waals surface area contributed by atoms with Crippen molar-refractivity contribution in [2.45, 2.75) is 36.6 Å².